The van der Waals surface area contributed by atoms with E-state index in [1.807, 2.05) is 19.1 Å². The van der Waals surface area contributed by atoms with Crippen LogP contribution in [0, 0.1) is 56.2 Å². The van der Waals surface area contributed by atoms with Gasteiger partial charge in [-0.3, -0.25) is 10.4 Å². The van der Waals surface area contributed by atoms with E-state index in [0.717, 1.165) is 0 Å². The Morgan fingerprint density at radius 2 is 2.00 bits per heavy atom. The van der Waals surface area contributed by atoms with Crippen LogP contribution in [0.25, 0.3) is 0 Å². The van der Waals surface area contributed by atoms with Gasteiger partial charge in [0.25, 0.3) is 0 Å². The summed E-state index contributed by atoms with van der Waals surface area (Å²) in [4.78, 5) is 4.02. The highest BCUT2D eigenvalue weighted by Crippen LogP contribution is 2.66. The van der Waals surface area contributed by atoms with Crippen LogP contribution >= 0.6 is 0 Å². The Balaban J connectivity index is 2.34. The van der Waals surface area contributed by atoms with Crippen molar-refractivity contribution in [1.29, 1.82) is 21.2 Å². The lowest BCUT2D eigenvalue weighted by Crippen LogP contribution is -2.58. The minimum Gasteiger partial charge on any atom is -0.447 e. The third-order valence-corrected chi connectivity index (χ3v) is 5.28. The Morgan fingerprint density at radius 3 is 2.50 bits per heavy atom. The Morgan fingerprint density at radius 1 is 1.29 bits per heavy atom. The molecule has 0 unspecified atom stereocenters. The smallest absolute Gasteiger partial charge is 0.217 e. The summed E-state index contributed by atoms with van der Waals surface area (Å²) in [5.41, 5.74) is -3.11. The zero-order chi connectivity index (χ0) is 17.6. The van der Waals surface area contributed by atoms with Gasteiger partial charge in [0, 0.05) is 24.4 Å². The summed E-state index contributed by atoms with van der Waals surface area (Å²) in [5.74, 6) is -2.24. The van der Waals surface area contributed by atoms with Crippen LogP contribution in [0.1, 0.15) is 31.9 Å². The summed E-state index contributed by atoms with van der Waals surface area (Å²) in [7, 11) is 0. The van der Waals surface area contributed by atoms with Crippen molar-refractivity contribution in [2.75, 3.05) is 0 Å². The number of nitriles is 3. The molecule has 0 radical (unpaired) electrons. The monoisotopic (exact) mass is 321 g/mol. The molecule has 1 aromatic heterocycles. The first-order chi connectivity index (χ1) is 11.5. The highest BCUT2D eigenvalue weighted by atomic mass is 16.7. The molecule has 2 aliphatic heterocycles. The number of rotatable bonds is 2. The van der Waals surface area contributed by atoms with Crippen molar-refractivity contribution in [2.24, 2.45) is 16.7 Å². The number of fused-ring (bicyclic) bond motifs is 2. The van der Waals surface area contributed by atoms with Gasteiger partial charge in [0.2, 0.25) is 17.1 Å². The van der Waals surface area contributed by atoms with Gasteiger partial charge < -0.3 is 9.47 Å². The van der Waals surface area contributed by atoms with E-state index in [1.54, 1.807) is 25.3 Å². The largest absolute Gasteiger partial charge is 0.447 e. The minimum absolute atomic E-state index is 0.379. The number of hydrogen-bond acceptors (Lipinski definition) is 7. The number of ether oxygens (including phenoxy) is 2. The maximum absolute atomic E-state index is 9.94. The Hall–Kier alpha value is -2.95. The van der Waals surface area contributed by atoms with Crippen LogP contribution in [-0.2, 0) is 9.47 Å². The molecule has 0 amide bonds. The third-order valence-electron chi connectivity index (χ3n) is 5.28. The molecule has 0 spiro atoms. The maximum Gasteiger partial charge on any atom is 0.217 e. The molecule has 2 bridgehead atoms. The summed E-state index contributed by atoms with van der Waals surface area (Å²) in [6.07, 6.45) is 2.41. The van der Waals surface area contributed by atoms with Gasteiger partial charge in [0.05, 0.1) is 24.1 Å². The lowest BCUT2D eigenvalue weighted by Gasteiger charge is -2.48. The normalized spacial score (nSPS) is 36.0. The topological polar surface area (TPSA) is 127 Å². The summed E-state index contributed by atoms with van der Waals surface area (Å²) in [6, 6.07) is 9.38. The second-order valence-electron chi connectivity index (χ2n) is 6.05. The number of aromatic nitrogens is 1. The second kappa shape index (κ2) is 5.03. The molecule has 0 aromatic carbocycles. The van der Waals surface area contributed by atoms with Crippen LogP contribution in [0.5, 0.6) is 0 Å². The van der Waals surface area contributed by atoms with Crippen molar-refractivity contribution in [3.05, 3.63) is 30.1 Å². The van der Waals surface area contributed by atoms with Crippen molar-refractivity contribution >= 4 is 5.90 Å². The van der Waals surface area contributed by atoms with E-state index < -0.39 is 28.6 Å². The van der Waals surface area contributed by atoms with Crippen LogP contribution in [0.4, 0.5) is 0 Å². The van der Waals surface area contributed by atoms with E-state index in [4.69, 9.17) is 14.9 Å². The van der Waals surface area contributed by atoms with Crippen LogP contribution in [0.3, 0.4) is 0 Å². The second-order valence-corrected chi connectivity index (χ2v) is 6.05. The summed E-state index contributed by atoms with van der Waals surface area (Å²) >= 11 is 0. The zero-order valence-electron chi connectivity index (χ0n) is 13.3. The van der Waals surface area contributed by atoms with E-state index in [1.165, 1.54) is 6.20 Å². The van der Waals surface area contributed by atoms with E-state index >= 15 is 0 Å². The van der Waals surface area contributed by atoms with Crippen molar-refractivity contribution in [3.63, 3.8) is 0 Å². The summed E-state index contributed by atoms with van der Waals surface area (Å²) in [5, 5.41) is 38.0. The summed E-state index contributed by atoms with van der Waals surface area (Å²) in [6.45, 7) is 3.51. The summed E-state index contributed by atoms with van der Waals surface area (Å²) < 4.78 is 11.8. The van der Waals surface area contributed by atoms with Gasteiger partial charge in [0.1, 0.15) is 6.10 Å². The average Bonchev–Trinajstić information content (AvgIpc) is 2.78. The molecule has 3 rings (SSSR count). The minimum atomic E-state index is -1.91. The Labute approximate surface area is 139 Å². The predicted octanol–water partition coefficient (Wildman–Crippen LogP) is 2.45. The number of hydrogen-bond donors (Lipinski definition) is 1. The lowest BCUT2D eigenvalue weighted by molar-refractivity contribution is -0.280. The molecule has 120 valence electrons. The zero-order valence-corrected chi connectivity index (χ0v) is 13.3. The molecule has 24 heavy (non-hydrogen) atoms. The van der Waals surface area contributed by atoms with Gasteiger partial charge in [0.15, 0.2) is 5.41 Å². The highest BCUT2D eigenvalue weighted by molar-refractivity contribution is 5.89. The molecule has 2 saturated heterocycles. The van der Waals surface area contributed by atoms with Gasteiger partial charge in [-0.15, -0.1) is 0 Å². The van der Waals surface area contributed by atoms with Gasteiger partial charge in [-0.1, -0.05) is 19.9 Å². The van der Waals surface area contributed by atoms with Crippen molar-refractivity contribution < 1.29 is 9.47 Å². The van der Waals surface area contributed by atoms with Crippen LogP contribution < -0.4 is 0 Å². The molecule has 0 saturated carbocycles. The van der Waals surface area contributed by atoms with Crippen molar-refractivity contribution in [1.82, 2.24) is 4.98 Å². The van der Waals surface area contributed by atoms with E-state index in [0.29, 0.717) is 12.0 Å². The quantitative estimate of drug-likeness (QED) is 0.891. The van der Waals surface area contributed by atoms with E-state index in [9.17, 15) is 15.8 Å². The molecule has 2 fully saturated rings. The molecule has 7 heteroatoms. The van der Waals surface area contributed by atoms with E-state index in [2.05, 4.69) is 11.1 Å². The molecule has 0 aliphatic carbocycles. The van der Waals surface area contributed by atoms with Gasteiger partial charge in [-0.05, 0) is 6.07 Å². The molecule has 3 heterocycles. The molecule has 1 N–H and O–H groups in total. The number of nitrogens with zero attached hydrogens (tertiary/aromatic N) is 4. The highest BCUT2D eigenvalue weighted by Gasteiger charge is 2.78. The SMILES string of the molecule is CC[C@@]12OC(=N)[C@@](C#N)([C@@H]1C)C(C#N)(C#N)[C@H](c1cccnc1)O2. The fourth-order valence-electron chi connectivity index (χ4n) is 3.87. The van der Waals surface area contributed by atoms with Crippen molar-refractivity contribution in [3.8, 4) is 18.2 Å². The molecule has 4 atom stereocenters. The number of nitrogens with one attached hydrogen (secondary N) is 1. The molecular weight excluding hydrogens is 306 g/mol. The first-order valence-corrected chi connectivity index (χ1v) is 7.57. The van der Waals surface area contributed by atoms with Gasteiger partial charge >= 0.3 is 0 Å². The van der Waals surface area contributed by atoms with Crippen LogP contribution in [-0.4, -0.2) is 16.7 Å². The lowest BCUT2D eigenvalue weighted by atomic mass is 9.54. The fraction of sp³-hybridized carbons (Fsp3) is 0.471. The molecule has 1 aromatic rings. The van der Waals surface area contributed by atoms with Crippen LogP contribution in [0.15, 0.2) is 24.5 Å². The fourth-order valence-corrected chi connectivity index (χ4v) is 3.87. The van der Waals surface area contributed by atoms with Gasteiger partial charge in [-0.2, -0.15) is 15.8 Å². The first-order valence-electron chi connectivity index (χ1n) is 7.57. The maximum atomic E-state index is 9.94. The Bertz CT molecular complexity index is 804. The average molecular weight is 321 g/mol. The van der Waals surface area contributed by atoms with Crippen LogP contribution in [0.2, 0.25) is 0 Å². The van der Waals surface area contributed by atoms with Gasteiger partial charge in [-0.25, -0.2) is 0 Å². The standard InChI is InChI=1S/C17H15N5O2/c1-3-17-11(2)16(10-20,14(21)24-17)15(8-18,9-19)13(23-17)12-5-4-6-22-7-12/h4-7,11,13,21H,3H2,1-2H3/t11-,13-,16+,17+/m0/s1. The predicted molar refractivity (Wildman–Crippen MR) is 80.8 cm³/mol. The number of pyridine rings is 1. The van der Waals surface area contributed by atoms with Crippen molar-refractivity contribution in [2.45, 2.75) is 32.2 Å². The molecular formula is C17H15N5O2. The molecule has 7 nitrogen and oxygen atoms in total. The Kier molecular flexibility index (Phi) is 3.34. The first kappa shape index (κ1) is 15.9. The molecule has 2 aliphatic rings. The van der Waals surface area contributed by atoms with E-state index in [-0.39, 0.29) is 5.90 Å². The third kappa shape index (κ3) is 1.51.